The van der Waals surface area contributed by atoms with E-state index >= 15 is 0 Å². The summed E-state index contributed by atoms with van der Waals surface area (Å²) in [6.45, 7) is 4.95. The lowest BCUT2D eigenvalue weighted by Crippen LogP contribution is -2.40. The molecule has 1 unspecified atom stereocenters. The zero-order chi connectivity index (χ0) is 9.68. The monoisotopic (exact) mass is 183 g/mol. The van der Waals surface area contributed by atoms with Crippen molar-refractivity contribution in [3.63, 3.8) is 0 Å². The predicted molar refractivity (Wildman–Crippen MR) is 56.7 cm³/mol. The first-order chi connectivity index (χ1) is 6.26. The number of nitrogens with one attached hydrogen (secondary N) is 1. The maximum Gasteiger partial charge on any atom is 0.188 e. The SMILES string of the molecule is CCN=C(N)NC(CC)CC1CC1. The maximum atomic E-state index is 5.70. The molecule has 3 nitrogen and oxygen atoms in total. The van der Waals surface area contributed by atoms with E-state index in [-0.39, 0.29) is 0 Å². The van der Waals surface area contributed by atoms with Crippen LogP contribution in [0.15, 0.2) is 4.99 Å². The first-order valence-corrected chi connectivity index (χ1v) is 5.32. The minimum atomic E-state index is 0.530. The van der Waals surface area contributed by atoms with Crippen molar-refractivity contribution < 1.29 is 0 Å². The van der Waals surface area contributed by atoms with Crippen LogP contribution in [0.3, 0.4) is 0 Å². The highest BCUT2D eigenvalue weighted by atomic mass is 15.1. The van der Waals surface area contributed by atoms with E-state index < -0.39 is 0 Å². The molecule has 0 aromatic rings. The molecule has 0 saturated heterocycles. The van der Waals surface area contributed by atoms with Gasteiger partial charge in [-0.2, -0.15) is 0 Å². The average Bonchev–Trinajstić information content (AvgIpc) is 2.87. The summed E-state index contributed by atoms with van der Waals surface area (Å²) in [5.41, 5.74) is 5.70. The topological polar surface area (TPSA) is 50.4 Å². The summed E-state index contributed by atoms with van der Waals surface area (Å²) in [4.78, 5) is 4.12. The Bertz CT molecular complexity index is 173. The molecule has 3 heteroatoms. The second-order valence-electron chi connectivity index (χ2n) is 3.79. The Labute approximate surface area is 80.8 Å². The van der Waals surface area contributed by atoms with Gasteiger partial charge in [0, 0.05) is 12.6 Å². The molecule has 0 aromatic heterocycles. The summed E-state index contributed by atoms with van der Waals surface area (Å²) in [5, 5.41) is 3.27. The molecular formula is C10H21N3. The number of guanidine groups is 1. The molecule has 1 fully saturated rings. The van der Waals surface area contributed by atoms with E-state index in [0.29, 0.717) is 12.0 Å². The highest BCUT2D eigenvalue weighted by Crippen LogP contribution is 2.33. The summed E-state index contributed by atoms with van der Waals surface area (Å²) in [7, 11) is 0. The summed E-state index contributed by atoms with van der Waals surface area (Å²) in [6, 6.07) is 0.530. The van der Waals surface area contributed by atoms with Gasteiger partial charge in [0.05, 0.1) is 0 Å². The third kappa shape index (κ3) is 4.15. The van der Waals surface area contributed by atoms with E-state index in [1.54, 1.807) is 0 Å². The van der Waals surface area contributed by atoms with Gasteiger partial charge in [0.1, 0.15) is 0 Å². The Balaban J connectivity index is 2.24. The fraction of sp³-hybridized carbons (Fsp3) is 0.900. The molecular weight excluding hydrogens is 162 g/mol. The highest BCUT2D eigenvalue weighted by molar-refractivity contribution is 5.78. The van der Waals surface area contributed by atoms with Crippen LogP contribution in [-0.4, -0.2) is 18.5 Å². The van der Waals surface area contributed by atoms with E-state index in [1.165, 1.54) is 19.3 Å². The number of rotatable bonds is 5. The van der Waals surface area contributed by atoms with Crippen molar-refractivity contribution in [3.05, 3.63) is 0 Å². The molecule has 0 radical (unpaired) electrons. The van der Waals surface area contributed by atoms with Crippen LogP contribution in [0.25, 0.3) is 0 Å². The molecule has 1 atom stereocenters. The van der Waals surface area contributed by atoms with Crippen molar-refractivity contribution in [2.45, 2.75) is 45.6 Å². The largest absolute Gasteiger partial charge is 0.370 e. The van der Waals surface area contributed by atoms with Crippen LogP contribution < -0.4 is 11.1 Å². The van der Waals surface area contributed by atoms with Gasteiger partial charge in [-0.25, -0.2) is 0 Å². The number of aliphatic imine (C=N–C) groups is 1. The Morgan fingerprint density at radius 3 is 2.69 bits per heavy atom. The molecule has 0 aromatic carbocycles. The molecule has 13 heavy (non-hydrogen) atoms. The molecule has 76 valence electrons. The van der Waals surface area contributed by atoms with Crippen molar-refractivity contribution in [1.29, 1.82) is 0 Å². The van der Waals surface area contributed by atoms with Crippen molar-refractivity contribution in [2.24, 2.45) is 16.6 Å². The summed E-state index contributed by atoms with van der Waals surface area (Å²) >= 11 is 0. The highest BCUT2D eigenvalue weighted by Gasteiger charge is 2.24. The van der Waals surface area contributed by atoms with Crippen LogP contribution >= 0.6 is 0 Å². The fourth-order valence-corrected chi connectivity index (χ4v) is 1.51. The summed E-state index contributed by atoms with van der Waals surface area (Å²) in [6.07, 6.45) is 5.21. The second kappa shape index (κ2) is 5.10. The van der Waals surface area contributed by atoms with Gasteiger partial charge in [-0.15, -0.1) is 0 Å². The van der Waals surface area contributed by atoms with Crippen LogP contribution in [-0.2, 0) is 0 Å². The van der Waals surface area contributed by atoms with Crippen LogP contribution in [0, 0.1) is 5.92 Å². The predicted octanol–water partition coefficient (Wildman–Crippen LogP) is 1.49. The Morgan fingerprint density at radius 1 is 1.54 bits per heavy atom. The normalized spacial score (nSPS) is 20.0. The van der Waals surface area contributed by atoms with E-state index in [9.17, 15) is 0 Å². The summed E-state index contributed by atoms with van der Waals surface area (Å²) in [5.74, 6) is 1.56. The number of hydrogen-bond acceptors (Lipinski definition) is 1. The standard InChI is InChI=1S/C10H21N3/c1-3-9(7-8-5-6-8)13-10(11)12-4-2/h8-9H,3-7H2,1-2H3,(H3,11,12,13). The van der Waals surface area contributed by atoms with Gasteiger partial charge in [0.25, 0.3) is 0 Å². The third-order valence-corrected chi connectivity index (χ3v) is 2.49. The third-order valence-electron chi connectivity index (χ3n) is 2.49. The van der Waals surface area contributed by atoms with Crippen LogP contribution in [0.4, 0.5) is 0 Å². The van der Waals surface area contributed by atoms with Gasteiger partial charge in [-0.1, -0.05) is 19.8 Å². The summed E-state index contributed by atoms with van der Waals surface area (Å²) < 4.78 is 0. The molecule has 0 spiro atoms. The minimum Gasteiger partial charge on any atom is -0.370 e. The Kier molecular flexibility index (Phi) is 4.06. The van der Waals surface area contributed by atoms with E-state index in [1.807, 2.05) is 6.92 Å². The quantitative estimate of drug-likeness (QED) is 0.501. The lowest BCUT2D eigenvalue weighted by atomic mass is 10.1. The fourth-order valence-electron chi connectivity index (χ4n) is 1.51. The molecule has 0 amide bonds. The number of nitrogens with zero attached hydrogens (tertiary/aromatic N) is 1. The van der Waals surface area contributed by atoms with Crippen molar-refractivity contribution in [2.75, 3.05) is 6.54 Å². The number of nitrogens with two attached hydrogens (primary N) is 1. The number of hydrogen-bond donors (Lipinski definition) is 2. The van der Waals surface area contributed by atoms with Crippen molar-refractivity contribution >= 4 is 5.96 Å². The average molecular weight is 183 g/mol. The minimum absolute atomic E-state index is 0.530. The van der Waals surface area contributed by atoms with Crippen LogP contribution in [0.1, 0.15) is 39.5 Å². The Hall–Kier alpha value is -0.730. The van der Waals surface area contributed by atoms with Gasteiger partial charge in [0.15, 0.2) is 5.96 Å². The van der Waals surface area contributed by atoms with Gasteiger partial charge >= 0.3 is 0 Å². The van der Waals surface area contributed by atoms with Crippen molar-refractivity contribution in [3.8, 4) is 0 Å². The molecule has 0 aliphatic heterocycles. The second-order valence-corrected chi connectivity index (χ2v) is 3.79. The molecule has 0 heterocycles. The smallest absolute Gasteiger partial charge is 0.188 e. The van der Waals surface area contributed by atoms with E-state index in [4.69, 9.17) is 5.73 Å². The first kappa shape index (κ1) is 10.4. The lowest BCUT2D eigenvalue weighted by molar-refractivity contribution is 0.508. The van der Waals surface area contributed by atoms with Crippen molar-refractivity contribution in [1.82, 2.24) is 5.32 Å². The molecule has 1 aliphatic rings. The van der Waals surface area contributed by atoms with Gasteiger partial charge < -0.3 is 11.1 Å². The zero-order valence-electron chi connectivity index (χ0n) is 8.71. The van der Waals surface area contributed by atoms with Gasteiger partial charge in [-0.3, -0.25) is 4.99 Å². The zero-order valence-corrected chi connectivity index (χ0v) is 8.71. The van der Waals surface area contributed by atoms with Crippen LogP contribution in [0.2, 0.25) is 0 Å². The molecule has 1 aliphatic carbocycles. The Morgan fingerprint density at radius 2 is 2.23 bits per heavy atom. The van der Waals surface area contributed by atoms with E-state index in [2.05, 4.69) is 17.2 Å². The van der Waals surface area contributed by atoms with Gasteiger partial charge in [0.2, 0.25) is 0 Å². The van der Waals surface area contributed by atoms with Crippen LogP contribution in [0.5, 0.6) is 0 Å². The first-order valence-electron chi connectivity index (χ1n) is 5.32. The molecule has 1 rings (SSSR count). The van der Waals surface area contributed by atoms with Gasteiger partial charge in [-0.05, 0) is 25.7 Å². The lowest BCUT2D eigenvalue weighted by Gasteiger charge is -2.16. The molecule has 0 bridgehead atoms. The van der Waals surface area contributed by atoms with E-state index in [0.717, 1.165) is 18.9 Å². The molecule has 3 N–H and O–H groups in total. The maximum absolute atomic E-state index is 5.70. The molecule has 1 saturated carbocycles.